The fourth-order valence-corrected chi connectivity index (χ4v) is 3.38. The van der Waals surface area contributed by atoms with E-state index in [9.17, 15) is 9.59 Å². The molecule has 2 N–H and O–H groups in total. The van der Waals surface area contributed by atoms with Gasteiger partial charge in [-0.25, -0.2) is 4.98 Å². The number of nitrogens with one attached hydrogen (secondary N) is 2. The lowest BCUT2D eigenvalue weighted by atomic mass is 9.95. The Morgan fingerprint density at radius 1 is 1.38 bits per heavy atom. The molecular weight excluding hydrogens is 370 g/mol. The van der Waals surface area contributed by atoms with Gasteiger partial charge in [-0.05, 0) is 32.9 Å². The van der Waals surface area contributed by atoms with Crippen LogP contribution in [-0.4, -0.2) is 28.6 Å². The van der Waals surface area contributed by atoms with Crippen molar-refractivity contribution < 1.29 is 14.3 Å². The molecule has 0 aliphatic carbocycles. The zero-order valence-electron chi connectivity index (χ0n) is 17.9. The third-order valence-corrected chi connectivity index (χ3v) is 4.86. The first-order chi connectivity index (χ1) is 13.6. The van der Waals surface area contributed by atoms with Gasteiger partial charge in [0.15, 0.2) is 0 Å². The number of H-pyrrole nitrogens is 1. The Bertz CT molecular complexity index is 989. The molecule has 1 aromatic carbocycles. The van der Waals surface area contributed by atoms with Gasteiger partial charge in [-0.15, -0.1) is 0 Å². The maximum absolute atomic E-state index is 12.7. The lowest BCUT2D eigenvalue weighted by Gasteiger charge is -2.18. The van der Waals surface area contributed by atoms with E-state index in [1.807, 2.05) is 46.8 Å². The van der Waals surface area contributed by atoms with Crippen molar-refractivity contribution in [3.8, 4) is 11.5 Å². The van der Waals surface area contributed by atoms with E-state index >= 15 is 0 Å². The fourth-order valence-electron chi connectivity index (χ4n) is 3.38. The van der Waals surface area contributed by atoms with E-state index in [0.717, 1.165) is 29.0 Å². The van der Waals surface area contributed by atoms with Crippen molar-refractivity contribution in [2.24, 2.45) is 0 Å². The summed E-state index contributed by atoms with van der Waals surface area (Å²) in [5, 5.41) is 2.82. The summed E-state index contributed by atoms with van der Waals surface area (Å²) in [5.74, 6) is 1.63. The van der Waals surface area contributed by atoms with E-state index in [1.54, 1.807) is 6.92 Å². The topological polar surface area (TPSA) is 93.3 Å². The van der Waals surface area contributed by atoms with Crippen LogP contribution in [0, 0.1) is 6.92 Å². The molecule has 1 unspecified atom stereocenters. The lowest BCUT2D eigenvalue weighted by molar-refractivity contribution is 0.0947. The summed E-state index contributed by atoms with van der Waals surface area (Å²) < 4.78 is 11.6. The predicted octanol–water partition coefficient (Wildman–Crippen LogP) is 3.03. The van der Waals surface area contributed by atoms with E-state index < -0.39 is 11.5 Å². The number of benzene rings is 1. The van der Waals surface area contributed by atoms with Gasteiger partial charge in [0, 0.05) is 29.5 Å². The van der Waals surface area contributed by atoms with E-state index in [2.05, 4.69) is 15.3 Å². The fraction of sp³-hybridized carbons (Fsp3) is 0.500. The van der Waals surface area contributed by atoms with Gasteiger partial charge in [0.25, 0.3) is 11.5 Å². The summed E-state index contributed by atoms with van der Waals surface area (Å²) in [6.07, 6.45) is 0.959. The molecule has 7 nitrogen and oxygen atoms in total. The molecule has 0 spiro atoms. The molecule has 156 valence electrons. The number of carbonyl (C=O) groups excluding carboxylic acids is 1. The molecular formula is C22H29N3O4. The highest BCUT2D eigenvalue weighted by Crippen LogP contribution is 2.35. The highest BCUT2D eigenvalue weighted by Gasteiger charge is 2.24. The van der Waals surface area contributed by atoms with Crippen LogP contribution < -0.4 is 20.3 Å². The maximum Gasteiger partial charge on any atom is 0.264 e. The molecule has 2 aromatic rings. The molecule has 0 saturated carbocycles. The van der Waals surface area contributed by atoms with Gasteiger partial charge in [0.2, 0.25) is 0 Å². The zero-order valence-corrected chi connectivity index (χ0v) is 17.9. The number of rotatable bonds is 5. The Labute approximate surface area is 170 Å². The number of hydrogen-bond acceptors (Lipinski definition) is 5. The molecule has 3 rings (SSSR count). The van der Waals surface area contributed by atoms with Crippen LogP contribution in [0.2, 0.25) is 0 Å². The first-order valence-corrected chi connectivity index (χ1v) is 9.95. The van der Waals surface area contributed by atoms with Crippen LogP contribution in [0.3, 0.4) is 0 Å². The van der Waals surface area contributed by atoms with Crippen LogP contribution in [0.15, 0.2) is 16.9 Å². The minimum Gasteiger partial charge on any atom is -0.494 e. The average molecular weight is 399 g/mol. The second kappa shape index (κ2) is 7.89. The van der Waals surface area contributed by atoms with Crippen LogP contribution in [0.1, 0.15) is 67.6 Å². The number of aromatic amines is 1. The summed E-state index contributed by atoms with van der Waals surface area (Å²) in [6.45, 7) is 12.2. The molecule has 0 fully saturated rings. The third-order valence-electron chi connectivity index (χ3n) is 4.86. The maximum atomic E-state index is 12.7. The highest BCUT2D eigenvalue weighted by atomic mass is 16.5. The van der Waals surface area contributed by atoms with Gasteiger partial charge in [0.1, 0.15) is 29.0 Å². The molecule has 29 heavy (non-hydrogen) atoms. The number of ether oxygens (including phenoxy) is 2. The SMILES string of the molecule is CCOc1cc2c(cc1CNC(=O)c1c(C)nc(C(C)(C)C)[nH]c1=O)OC(C)C2. The molecule has 1 atom stereocenters. The van der Waals surface area contributed by atoms with Gasteiger partial charge < -0.3 is 19.8 Å². The quantitative estimate of drug-likeness (QED) is 0.806. The lowest BCUT2D eigenvalue weighted by Crippen LogP contribution is -2.33. The predicted molar refractivity (Wildman–Crippen MR) is 111 cm³/mol. The Morgan fingerprint density at radius 2 is 2.10 bits per heavy atom. The molecule has 2 heterocycles. The van der Waals surface area contributed by atoms with Crippen molar-refractivity contribution in [1.82, 2.24) is 15.3 Å². The van der Waals surface area contributed by atoms with Crippen molar-refractivity contribution in [2.75, 3.05) is 6.61 Å². The second-order valence-corrected chi connectivity index (χ2v) is 8.44. The average Bonchev–Trinajstić information content (AvgIpc) is 2.97. The summed E-state index contributed by atoms with van der Waals surface area (Å²) in [4.78, 5) is 32.4. The monoisotopic (exact) mass is 399 g/mol. The number of hydrogen-bond donors (Lipinski definition) is 2. The molecule has 1 aliphatic rings. The molecule has 7 heteroatoms. The van der Waals surface area contributed by atoms with Crippen LogP contribution in [0.25, 0.3) is 0 Å². The van der Waals surface area contributed by atoms with Crippen LogP contribution in [0.4, 0.5) is 0 Å². The number of fused-ring (bicyclic) bond motifs is 1. The van der Waals surface area contributed by atoms with Crippen molar-refractivity contribution in [2.45, 2.75) is 66.0 Å². The first-order valence-electron chi connectivity index (χ1n) is 9.95. The zero-order chi connectivity index (χ0) is 21.3. The molecule has 1 aliphatic heterocycles. The molecule has 0 saturated heterocycles. The highest BCUT2D eigenvalue weighted by molar-refractivity contribution is 5.94. The van der Waals surface area contributed by atoms with Crippen molar-refractivity contribution in [3.63, 3.8) is 0 Å². The molecule has 0 radical (unpaired) electrons. The Hall–Kier alpha value is -2.83. The smallest absolute Gasteiger partial charge is 0.264 e. The Morgan fingerprint density at radius 3 is 2.72 bits per heavy atom. The molecule has 1 amide bonds. The summed E-state index contributed by atoms with van der Waals surface area (Å²) in [5.41, 5.74) is 1.60. The van der Waals surface area contributed by atoms with E-state index in [-0.39, 0.29) is 23.6 Å². The number of nitrogens with zero attached hydrogens (tertiary/aromatic N) is 1. The minimum atomic E-state index is -0.464. The first kappa shape index (κ1) is 20.9. The standard InChI is InChI=1S/C22H29N3O4/c1-7-28-16-9-14-8-12(2)29-17(14)10-15(16)11-23-19(26)18-13(3)24-21(22(4,5)6)25-20(18)27/h9-10,12H,7-8,11H2,1-6H3,(H,23,26)(H,24,25,27). The summed E-state index contributed by atoms with van der Waals surface area (Å²) in [6, 6.07) is 3.88. The second-order valence-electron chi connectivity index (χ2n) is 8.44. The van der Waals surface area contributed by atoms with E-state index in [1.165, 1.54) is 0 Å². The van der Waals surface area contributed by atoms with E-state index in [4.69, 9.17) is 9.47 Å². The molecule has 0 bridgehead atoms. The summed E-state index contributed by atoms with van der Waals surface area (Å²) >= 11 is 0. The Kier molecular flexibility index (Phi) is 5.68. The van der Waals surface area contributed by atoms with Crippen molar-refractivity contribution in [1.29, 1.82) is 0 Å². The van der Waals surface area contributed by atoms with Gasteiger partial charge in [-0.2, -0.15) is 0 Å². The third kappa shape index (κ3) is 4.44. The van der Waals surface area contributed by atoms with Gasteiger partial charge in [-0.1, -0.05) is 20.8 Å². The molecule has 1 aromatic heterocycles. The van der Waals surface area contributed by atoms with Gasteiger partial charge >= 0.3 is 0 Å². The number of aromatic nitrogens is 2. The normalized spacial score (nSPS) is 15.6. The number of aryl methyl sites for hydroxylation is 1. The van der Waals surface area contributed by atoms with Crippen LogP contribution in [0.5, 0.6) is 11.5 Å². The summed E-state index contributed by atoms with van der Waals surface area (Å²) in [7, 11) is 0. The largest absolute Gasteiger partial charge is 0.494 e. The van der Waals surface area contributed by atoms with Crippen molar-refractivity contribution in [3.05, 3.63) is 50.7 Å². The van der Waals surface area contributed by atoms with Gasteiger partial charge in [0.05, 0.1) is 12.3 Å². The van der Waals surface area contributed by atoms with Gasteiger partial charge in [-0.3, -0.25) is 9.59 Å². The van der Waals surface area contributed by atoms with E-state index in [0.29, 0.717) is 18.1 Å². The Balaban J connectivity index is 1.83. The van der Waals surface area contributed by atoms with Crippen molar-refractivity contribution >= 4 is 5.91 Å². The number of amides is 1. The number of carbonyl (C=O) groups is 1. The van der Waals surface area contributed by atoms with Crippen LogP contribution in [-0.2, 0) is 18.4 Å². The van der Waals surface area contributed by atoms with Crippen LogP contribution >= 0.6 is 0 Å². The minimum absolute atomic E-state index is 0.0296.